The Labute approximate surface area is 97.5 Å². The van der Waals surface area contributed by atoms with Gasteiger partial charge in [-0.2, -0.15) is 0 Å². The van der Waals surface area contributed by atoms with E-state index in [0.717, 1.165) is 12.8 Å². The van der Waals surface area contributed by atoms with Gasteiger partial charge < -0.3 is 19.0 Å². The van der Waals surface area contributed by atoms with Crippen LogP contribution in [0.4, 0.5) is 0 Å². The molecule has 92 valence electrons. The van der Waals surface area contributed by atoms with E-state index in [1.54, 1.807) is 0 Å². The van der Waals surface area contributed by atoms with Gasteiger partial charge >= 0.3 is 5.97 Å². The zero-order valence-corrected chi connectivity index (χ0v) is 9.22. The summed E-state index contributed by atoms with van der Waals surface area (Å²) in [5.41, 5.74) is 0.557. The number of carboxylic acids is 1. The number of aromatic carboxylic acids is 1. The Morgan fingerprint density at radius 3 is 2.76 bits per heavy atom. The number of hydrogen-bond acceptors (Lipinski definition) is 5. The monoisotopic (exact) mass is 239 g/mol. The van der Waals surface area contributed by atoms with Crippen LogP contribution in [0.5, 0.6) is 0 Å². The van der Waals surface area contributed by atoms with E-state index in [1.807, 2.05) is 0 Å². The van der Waals surface area contributed by atoms with Crippen LogP contribution in [0, 0.1) is 0 Å². The number of oxazole rings is 1. The highest BCUT2D eigenvalue weighted by Crippen LogP contribution is 2.42. The molecule has 1 atom stereocenters. The Morgan fingerprint density at radius 2 is 2.18 bits per heavy atom. The van der Waals surface area contributed by atoms with Gasteiger partial charge in [-0.05, 0) is 12.8 Å². The highest BCUT2D eigenvalue weighted by molar-refractivity contribution is 5.86. The molecule has 0 amide bonds. The third-order valence-electron chi connectivity index (χ3n) is 2.92. The smallest absolute Gasteiger partial charge is 0.373 e. The SMILES string of the molecule is O=C(O)c1oc(C2COCCO2)nc1C1CC1. The van der Waals surface area contributed by atoms with Gasteiger partial charge in [0.25, 0.3) is 0 Å². The molecule has 6 nitrogen and oxygen atoms in total. The van der Waals surface area contributed by atoms with Gasteiger partial charge in [0, 0.05) is 5.92 Å². The molecule has 1 saturated heterocycles. The van der Waals surface area contributed by atoms with Gasteiger partial charge in [0.05, 0.1) is 25.5 Å². The summed E-state index contributed by atoms with van der Waals surface area (Å²) in [4.78, 5) is 15.3. The van der Waals surface area contributed by atoms with E-state index in [0.29, 0.717) is 31.4 Å². The van der Waals surface area contributed by atoms with E-state index < -0.39 is 5.97 Å². The number of carboxylic acid groups (broad SMARTS) is 1. The topological polar surface area (TPSA) is 81.8 Å². The fraction of sp³-hybridized carbons (Fsp3) is 0.636. The largest absolute Gasteiger partial charge is 0.475 e. The molecule has 2 fully saturated rings. The minimum Gasteiger partial charge on any atom is -0.475 e. The van der Waals surface area contributed by atoms with Gasteiger partial charge in [-0.15, -0.1) is 0 Å². The third-order valence-corrected chi connectivity index (χ3v) is 2.92. The van der Waals surface area contributed by atoms with Crippen LogP contribution in [0.2, 0.25) is 0 Å². The molecular formula is C11H13NO5. The van der Waals surface area contributed by atoms with E-state index in [1.165, 1.54) is 0 Å². The van der Waals surface area contributed by atoms with Crippen LogP contribution >= 0.6 is 0 Å². The summed E-state index contributed by atoms with van der Waals surface area (Å²) in [6, 6.07) is 0. The van der Waals surface area contributed by atoms with E-state index >= 15 is 0 Å². The molecule has 0 radical (unpaired) electrons. The second-order valence-electron chi connectivity index (χ2n) is 4.28. The zero-order valence-electron chi connectivity index (χ0n) is 9.22. The van der Waals surface area contributed by atoms with Crippen molar-refractivity contribution < 1.29 is 23.8 Å². The van der Waals surface area contributed by atoms with Gasteiger partial charge in [-0.25, -0.2) is 9.78 Å². The van der Waals surface area contributed by atoms with Crippen LogP contribution in [0.1, 0.15) is 47.0 Å². The summed E-state index contributed by atoms with van der Waals surface area (Å²) in [5, 5.41) is 9.05. The standard InChI is InChI=1S/C11H13NO5/c13-11(14)9-8(6-1-2-6)12-10(17-9)7-5-15-3-4-16-7/h6-7H,1-5H2,(H,13,14). The number of rotatable bonds is 3. The number of hydrogen-bond donors (Lipinski definition) is 1. The molecule has 2 heterocycles. The summed E-state index contributed by atoms with van der Waals surface area (Å²) >= 11 is 0. The van der Waals surface area contributed by atoms with Crippen molar-refractivity contribution in [2.45, 2.75) is 24.9 Å². The van der Waals surface area contributed by atoms with Crippen molar-refractivity contribution in [1.29, 1.82) is 0 Å². The van der Waals surface area contributed by atoms with Crippen molar-refractivity contribution >= 4 is 5.97 Å². The Kier molecular flexibility index (Phi) is 2.60. The summed E-state index contributed by atoms with van der Waals surface area (Å²) in [6.07, 6.45) is 1.58. The predicted octanol–water partition coefficient (Wildman–Crippen LogP) is 1.34. The van der Waals surface area contributed by atoms with E-state index in [2.05, 4.69) is 4.98 Å². The van der Waals surface area contributed by atoms with Gasteiger partial charge in [-0.3, -0.25) is 0 Å². The fourth-order valence-corrected chi connectivity index (χ4v) is 1.90. The molecule has 1 saturated carbocycles. The van der Waals surface area contributed by atoms with Crippen molar-refractivity contribution in [3.8, 4) is 0 Å². The number of nitrogens with zero attached hydrogens (tertiary/aromatic N) is 1. The van der Waals surface area contributed by atoms with Gasteiger partial charge in [0.15, 0.2) is 6.10 Å². The lowest BCUT2D eigenvalue weighted by Crippen LogP contribution is -2.22. The van der Waals surface area contributed by atoms with Crippen LogP contribution in [0.15, 0.2) is 4.42 Å². The molecule has 1 aliphatic carbocycles. The summed E-state index contributed by atoms with van der Waals surface area (Å²) in [7, 11) is 0. The molecule has 1 unspecified atom stereocenters. The van der Waals surface area contributed by atoms with E-state index in [9.17, 15) is 4.79 Å². The molecule has 0 bridgehead atoms. The Morgan fingerprint density at radius 1 is 1.35 bits per heavy atom. The van der Waals surface area contributed by atoms with Crippen LogP contribution in [0.25, 0.3) is 0 Å². The van der Waals surface area contributed by atoms with Crippen molar-refractivity contribution in [3.63, 3.8) is 0 Å². The highest BCUT2D eigenvalue weighted by atomic mass is 16.6. The summed E-state index contributed by atoms with van der Waals surface area (Å²) < 4.78 is 16.0. The molecule has 3 rings (SSSR count). The molecule has 2 aliphatic rings. The lowest BCUT2D eigenvalue weighted by molar-refractivity contribution is -0.0998. The number of aromatic nitrogens is 1. The molecular weight excluding hydrogens is 226 g/mol. The third kappa shape index (κ3) is 2.05. The quantitative estimate of drug-likeness (QED) is 0.857. The molecule has 0 spiro atoms. The van der Waals surface area contributed by atoms with Crippen molar-refractivity contribution in [1.82, 2.24) is 4.98 Å². The number of carbonyl (C=O) groups is 1. The second-order valence-corrected chi connectivity index (χ2v) is 4.28. The minimum atomic E-state index is -1.07. The first-order valence-electron chi connectivity index (χ1n) is 5.69. The normalized spacial score (nSPS) is 24.8. The fourth-order valence-electron chi connectivity index (χ4n) is 1.90. The first kappa shape index (κ1) is 10.7. The van der Waals surface area contributed by atoms with E-state index in [4.69, 9.17) is 19.0 Å². The lowest BCUT2D eigenvalue weighted by Gasteiger charge is -2.19. The summed E-state index contributed by atoms with van der Waals surface area (Å²) in [5.74, 6) is -0.550. The van der Waals surface area contributed by atoms with Crippen LogP contribution in [0.3, 0.4) is 0 Å². The summed E-state index contributed by atoms with van der Waals surface area (Å²) in [6.45, 7) is 1.40. The lowest BCUT2D eigenvalue weighted by atomic mass is 10.2. The molecule has 1 aromatic heterocycles. The zero-order chi connectivity index (χ0) is 11.8. The first-order valence-corrected chi connectivity index (χ1v) is 5.69. The maximum absolute atomic E-state index is 11.0. The molecule has 1 aromatic rings. The maximum Gasteiger partial charge on any atom is 0.373 e. The van der Waals surface area contributed by atoms with E-state index in [-0.39, 0.29) is 17.8 Å². The van der Waals surface area contributed by atoms with Crippen LogP contribution < -0.4 is 0 Å². The van der Waals surface area contributed by atoms with Crippen LogP contribution in [-0.2, 0) is 9.47 Å². The van der Waals surface area contributed by atoms with Gasteiger partial charge in [0.1, 0.15) is 0 Å². The maximum atomic E-state index is 11.0. The average Bonchev–Trinajstić information content (AvgIpc) is 3.09. The molecule has 1 aliphatic heterocycles. The highest BCUT2D eigenvalue weighted by Gasteiger charge is 2.35. The van der Waals surface area contributed by atoms with Gasteiger partial charge in [-0.1, -0.05) is 0 Å². The second kappa shape index (κ2) is 4.12. The Balaban J connectivity index is 1.89. The Bertz CT molecular complexity index is 431. The average molecular weight is 239 g/mol. The molecule has 0 aromatic carbocycles. The first-order chi connectivity index (χ1) is 8.25. The minimum absolute atomic E-state index is 0.0447. The van der Waals surface area contributed by atoms with Crippen molar-refractivity contribution in [2.75, 3.05) is 19.8 Å². The number of ether oxygens (including phenoxy) is 2. The predicted molar refractivity (Wildman–Crippen MR) is 54.9 cm³/mol. The van der Waals surface area contributed by atoms with Crippen molar-refractivity contribution in [3.05, 3.63) is 17.3 Å². The van der Waals surface area contributed by atoms with Gasteiger partial charge in [0.2, 0.25) is 11.7 Å². The van der Waals surface area contributed by atoms with Crippen LogP contribution in [-0.4, -0.2) is 35.9 Å². The molecule has 17 heavy (non-hydrogen) atoms. The Hall–Kier alpha value is -1.40. The molecule has 6 heteroatoms. The molecule has 1 N–H and O–H groups in total. The van der Waals surface area contributed by atoms with Crippen molar-refractivity contribution in [2.24, 2.45) is 0 Å².